The van der Waals surface area contributed by atoms with E-state index < -0.39 is 0 Å². The molecule has 19 valence electrons. The van der Waals surface area contributed by atoms with Gasteiger partial charge in [-0.25, -0.2) is 0 Å². The molecule has 0 aliphatic carbocycles. The molecule has 0 saturated heterocycles. The van der Waals surface area contributed by atoms with Crippen LogP contribution < -0.4 is 18.9 Å². The summed E-state index contributed by atoms with van der Waals surface area (Å²) >= 11 is 0. The minimum Gasteiger partial charge on any atom is -1.00 e. The van der Waals surface area contributed by atoms with Gasteiger partial charge in [-0.2, -0.15) is 0 Å². The molecule has 0 saturated carbocycles. The maximum Gasteiger partial charge on any atom is 2.00 e. The summed E-state index contributed by atoms with van der Waals surface area (Å²) in [6, 6.07) is 0. The molecule has 0 heterocycles. The van der Waals surface area contributed by atoms with E-state index >= 15 is 0 Å². The quantitative estimate of drug-likeness (QED) is 0.348. The second kappa shape index (κ2) is 25.4. The number of hydrogen-bond donors (Lipinski definition) is 0. The van der Waals surface area contributed by atoms with Gasteiger partial charge in [-0.3, -0.25) is 0 Å². The molecule has 0 atom stereocenters. The predicted octanol–water partition coefficient (Wildman–Crippen LogP) is -4.23. The number of rotatable bonds is 0. The van der Waals surface area contributed by atoms with E-state index in [9.17, 15) is 0 Å². The summed E-state index contributed by atoms with van der Waals surface area (Å²) in [5.41, 5.74) is 0. The van der Waals surface area contributed by atoms with Crippen molar-refractivity contribution in [3.05, 3.63) is 0 Å². The van der Waals surface area contributed by atoms with Gasteiger partial charge in [0, 0.05) is 52.0 Å². The van der Waals surface area contributed by atoms with Gasteiger partial charge in [-0.15, -0.1) is 0 Å². The fourth-order valence-electron chi connectivity index (χ4n) is 0. The van der Waals surface area contributed by atoms with Gasteiger partial charge in [0.25, 0.3) is 0 Å². The van der Waals surface area contributed by atoms with Crippen molar-refractivity contribution in [2.24, 2.45) is 0 Å². The summed E-state index contributed by atoms with van der Waals surface area (Å²) in [5.74, 6) is 0. The van der Waals surface area contributed by atoms with Crippen LogP contribution in [0.2, 0.25) is 0 Å². The first-order valence-electron chi connectivity index (χ1n) is 0. The van der Waals surface area contributed by atoms with E-state index in [1.54, 1.807) is 0 Å². The average Bonchev–Trinajstić information content (AvgIpc) is 0. The third-order valence-electron chi connectivity index (χ3n) is 0. The third-order valence-corrected chi connectivity index (χ3v) is 0. The molecule has 0 nitrogen and oxygen atoms in total. The van der Waals surface area contributed by atoms with Crippen molar-refractivity contribution < 1.29 is 75.2 Å². The summed E-state index contributed by atoms with van der Waals surface area (Å²) in [5, 5.41) is 0. The topological polar surface area (TPSA) is 0 Å². The van der Waals surface area contributed by atoms with Gasteiger partial charge in [0.05, 0.1) is 0 Å². The number of hydrogen-bond acceptors (Lipinski definition) is 0. The van der Waals surface area contributed by atoms with Crippen molar-refractivity contribution >= 4 is 40.4 Å². The van der Waals surface area contributed by atoms with E-state index in [1.165, 1.54) is 0 Å². The van der Waals surface area contributed by atoms with Crippen molar-refractivity contribution in [1.29, 1.82) is 0 Å². The Labute approximate surface area is 113 Å². The minimum atomic E-state index is 0. The summed E-state index contributed by atoms with van der Waals surface area (Å²) < 4.78 is 0. The molecule has 1 radical (unpaired) electrons. The maximum absolute atomic E-state index is 0. The average molecular weight is 200 g/mol. The second-order valence-corrected chi connectivity index (χ2v) is 0. The van der Waals surface area contributed by atoms with E-state index in [-0.39, 0.29) is 116 Å². The molecule has 0 amide bonds. The van der Waals surface area contributed by atoms with Crippen LogP contribution in [0.4, 0.5) is 0 Å². The van der Waals surface area contributed by atoms with Crippen molar-refractivity contribution in [1.82, 2.24) is 0 Å². The van der Waals surface area contributed by atoms with Gasteiger partial charge < -0.3 is 4.28 Å². The van der Waals surface area contributed by atoms with Crippen LogP contribution in [0, 0.1) is 0 Å². The standard InChI is InChI=1S/Al.Li.Mg.Sc.Zr.6H/q;+1;+2;;;;;;3*-1. The molecule has 0 aliphatic heterocycles. The first-order valence-corrected chi connectivity index (χ1v) is 0. The largest absolute Gasteiger partial charge is 2.00 e. The van der Waals surface area contributed by atoms with Gasteiger partial charge in [-0.05, 0) is 0 Å². The Hall–Kier alpha value is 3.65. The second-order valence-electron chi connectivity index (χ2n) is 0. The molecule has 0 fully saturated rings. The molecule has 0 aromatic heterocycles. The SMILES string of the molecule is [AlH3].[H-].[H-].[H-].[Li+].[Mg+2].[Sc].[Zr]. The fraction of sp³-hybridized carbons (Fsp3) is 0. The van der Waals surface area contributed by atoms with Crippen molar-refractivity contribution in [3.63, 3.8) is 0 Å². The van der Waals surface area contributed by atoms with Gasteiger partial charge >= 0.3 is 41.9 Å². The van der Waals surface area contributed by atoms with Crippen molar-refractivity contribution in [2.75, 3.05) is 0 Å². The first-order chi connectivity index (χ1) is 0. The van der Waals surface area contributed by atoms with Crippen LogP contribution in [-0.2, 0) is 52.0 Å². The van der Waals surface area contributed by atoms with E-state index in [0.29, 0.717) is 0 Å². The Morgan fingerprint density at radius 3 is 1.20 bits per heavy atom. The Balaban J connectivity index is 0. The van der Waals surface area contributed by atoms with E-state index in [1.807, 2.05) is 0 Å². The van der Waals surface area contributed by atoms with Crippen molar-refractivity contribution in [3.8, 4) is 0 Å². The fourth-order valence-corrected chi connectivity index (χ4v) is 0. The normalized spacial score (nSPS) is 0. The van der Waals surface area contributed by atoms with Crippen LogP contribution in [-0.4, -0.2) is 40.4 Å². The zero-order chi connectivity index (χ0) is 0. The molecule has 0 aromatic carbocycles. The zero-order valence-electron chi connectivity index (χ0n) is 5.78. The smallest absolute Gasteiger partial charge is 1.00 e. The predicted molar refractivity (Wildman–Crippen MR) is 19.0 cm³/mol. The molecule has 0 unspecified atom stereocenters. The molecule has 0 aliphatic rings. The third kappa shape index (κ3) is 18.3. The summed E-state index contributed by atoms with van der Waals surface area (Å²) in [7, 11) is 0. The van der Waals surface area contributed by atoms with Crippen LogP contribution in [0.5, 0.6) is 0 Å². The molecule has 0 rings (SSSR count). The van der Waals surface area contributed by atoms with Crippen LogP contribution in [0.25, 0.3) is 0 Å². The van der Waals surface area contributed by atoms with Gasteiger partial charge in [-0.1, -0.05) is 0 Å². The molecular weight excluding hydrogens is 194 g/mol. The van der Waals surface area contributed by atoms with Gasteiger partial charge in [0.2, 0.25) is 0 Å². The molecular formula is H6AlLiMgScZr. The van der Waals surface area contributed by atoms with E-state index in [0.717, 1.165) is 0 Å². The molecule has 5 heteroatoms. The molecule has 5 heavy (non-hydrogen) atoms. The minimum absolute atomic E-state index is 0. The Kier molecular flexibility index (Phi) is 193. The van der Waals surface area contributed by atoms with Crippen LogP contribution in [0.1, 0.15) is 4.28 Å². The summed E-state index contributed by atoms with van der Waals surface area (Å²) in [6.45, 7) is 0. The Morgan fingerprint density at radius 2 is 1.20 bits per heavy atom. The van der Waals surface area contributed by atoms with E-state index in [2.05, 4.69) is 0 Å². The zero-order valence-corrected chi connectivity index (χ0v) is 8.46. The van der Waals surface area contributed by atoms with Gasteiger partial charge in [0.15, 0.2) is 17.4 Å². The van der Waals surface area contributed by atoms with Crippen LogP contribution >= 0.6 is 0 Å². The molecule has 0 N–H and O–H groups in total. The molecule has 0 spiro atoms. The first kappa shape index (κ1) is 38.0. The molecule has 0 bridgehead atoms. The van der Waals surface area contributed by atoms with Gasteiger partial charge in [0.1, 0.15) is 0 Å². The van der Waals surface area contributed by atoms with Crippen LogP contribution in [0.15, 0.2) is 0 Å². The summed E-state index contributed by atoms with van der Waals surface area (Å²) in [4.78, 5) is 0. The Bertz CT molecular complexity index is 19.2. The van der Waals surface area contributed by atoms with Crippen LogP contribution in [0.3, 0.4) is 0 Å². The molecule has 0 aromatic rings. The summed E-state index contributed by atoms with van der Waals surface area (Å²) in [6.07, 6.45) is 0. The maximum atomic E-state index is 0. The monoisotopic (exact) mass is 199 g/mol. The Morgan fingerprint density at radius 1 is 1.20 bits per heavy atom. The van der Waals surface area contributed by atoms with E-state index in [4.69, 9.17) is 0 Å². The van der Waals surface area contributed by atoms with Crippen molar-refractivity contribution in [2.45, 2.75) is 0 Å².